The first-order chi connectivity index (χ1) is 15.6. The van der Waals surface area contributed by atoms with Gasteiger partial charge in [-0.25, -0.2) is 4.98 Å². The van der Waals surface area contributed by atoms with E-state index in [4.69, 9.17) is 10.1 Å². The van der Waals surface area contributed by atoms with E-state index in [0.717, 1.165) is 68.8 Å². The van der Waals surface area contributed by atoms with Crippen LogP contribution in [0.3, 0.4) is 0 Å². The number of rotatable bonds is 5. The van der Waals surface area contributed by atoms with Crippen molar-refractivity contribution in [1.29, 1.82) is 0 Å². The second-order valence-electron chi connectivity index (χ2n) is 9.18. The molecule has 1 amide bonds. The van der Waals surface area contributed by atoms with Crippen LogP contribution in [0.4, 0.5) is 0 Å². The number of fused-ring (bicyclic) bond motifs is 2. The van der Waals surface area contributed by atoms with E-state index in [1.807, 2.05) is 11.0 Å². The Morgan fingerprint density at radius 2 is 1.97 bits per heavy atom. The summed E-state index contributed by atoms with van der Waals surface area (Å²) in [5.41, 5.74) is 4.26. The molecule has 1 fully saturated rings. The minimum Gasteiger partial charge on any atom is -0.337 e. The van der Waals surface area contributed by atoms with Gasteiger partial charge in [0.05, 0.1) is 16.8 Å². The number of likely N-dealkylation sites (tertiary alicyclic amines) is 1. The van der Waals surface area contributed by atoms with Gasteiger partial charge in [-0.2, -0.15) is 5.10 Å². The molecule has 0 saturated carbocycles. The minimum atomic E-state index is 0.143. The monoisotopic (exact) mass is 451 g/mol. The van der Waals surface area contributed by atoms with Crippen molar-refractivity contribution in [3.8, 4) is 0 Å². The van der Waals surface area contributed by atoms with Crippen molar-refractivity contribution in [2.24, 2.45) is 0 Å². The summed E-state index contributed by atoms with van der Waals surface area (Å²) in [6, 6.07) is 8.75. The van der Waals surface area contributed by atoms with E-state index in [0.29, 0.717) is 11.7 Å². The van der Waals surface area contributed by atoms with Gasteiger partial charge in [0, 0.05) is 36.9 Å². The Balaban J connectivity index is 1.35. The molecule has 3 heterocycles. The number of likely N-dealkylation sites (N-methyl/N-ethyl adjacent to an activating group) is 1. The molecule has 2 aromatic heterocycles. The van der Waals surface area contributed by atoms with Crippen molar-refractivity contribution in [1.82, 2.24) is 24.6 Å². The topological polar surface area (TPSA) is 54.3 Å². The maximum absolute atomic E-state index is 13.4. The Kier molecular flexibility index (Phi) is 6.28. The van der Waals surface area contributed by atoms with Gasteiger partial charge in [0.15, 0.2) is 5.69 Å². The predicted molar refractivity (Wildman–Crippen MR) is 129 cm³/mol. The number of benzene rings is 1. The molecular weight excluding hydrogens is 418 g/mol. The maximum atomic E-state index is 13.4. The van der Waals surface area contributed by atoms with Crippen molar-refractivity contribution in [2.45, 2.75) is 71.0 Å². The number of carbonyl (C=O) groups excluding carboxylic acids is 1. The summed E-state index contributed by atoms with van der Waals surface area (Å²) >= 11 is 1.78. The molecule has 6 nitrogen and oxygen atoms in total. The Labute approximate surface area is 194 Å². The van der Waals surface area contributed by atoms with Crippen molar-refractivity contribution in [3.63, 3.8) is 0 Å². The highest BCUT2D eigenvalue weighted by atomic mass is 32.1. The zero-order chi connectivity index (χ0) is 22.1. The van der Waals surface area contributed by atoms with Gasteiger partial charge in [-0.15, -0.1) is 11.3 Å². The molecule has 0 spiro atoms. The molecule has 2 aliphatic rings. The van der Waals surface area contributed by atoms with Crippen LogP contribution in [0.5, 0.6) is 0 Å². The summed E-state index contributed by atoms with van der Waals surface area (Å²) in [4.78, 5) is 22.7. The summed E-state index contributed by atoms with van der Waals surface area (Å²) in [7, 11) is 2.20. The zero-order valence-electron chi connectivity index (χ0n) is 19.2. The molecule has 1 atom stereocenters. The molecule has 0 bridgehead atoms. The quantitative estimate of drug-likeness (QED) is 0.572. The van der Waals surface area contributed by atoms with Crippen LogP contribution in [0, 0.1) is 0 Å². The number of carbonyl (C=O) groups is 1. The first-order valence-electron chi connectivity index (χ1n) is 12.1. The Bertz CT molecular complexity index is 1060. The second kappa shape index (κ2) is 9.32. The normalized spacial score (nSPS) is 19.3. The third kappa shape index (κ3) is 4.20. The number of aryl methyl sites for hydroxylation is 1. The Hall–Kier alpha value is -2.25. The van der Waals surface area contributed by atoms with E-state index >= 15 is 0 Å². The van der Waals surface area contributed by atoms with Crippen molar-refractivity contribution < 1.29 is 4.79 Å². The fourth-order valence-corrected chi connectivity index (χ4v) is 6.26. The zero-order valence-corrected chi connectivity index (χ0v) is 20.0. The maximum Gasteiger partial charge on any atom is 0.274 e. The fraction of sp³-hybridized carbons (Fsp3) is 0.560. The van der Waals surface area contributed by atoms with Crippen LogP contribution in [0.1, 0.15) is 65.8 Å². The van der Waals surface area contributed by atoms with Crippen LogP contribution in [0.2, 0.25) is 0 Å². The molecule has 170 valence electrons. The predicted octanol–water partition coefficient (Wildman–Crippen LogP) is 4.52. The highest BCUT2D eigenvalue weighted by molar-refractivity contribution is 7.18. The average molecular weight is 452 g/mol. The molecule has 0 N–H and O–H groups in total. The second-order valence-corrected chi connectivity index (χ2v) is 10.3. The van der Waals surface area contributed by atoms with Crippen LogP contribution in [-0.2, 0) is 25.9 Å². The summed E-state index contributed by atoms with van der Waals surface area (Å²) in [6.07, 6.45) is 7.64. The molecule has 1 saturated heterocycles. The van der Waals surface area contributed by atoms with Gasteiger partial charge in [0.1, 0.15) is 5.01 Å². The average Bonchev–Trinajstić information content (AvgIpc) is 3.27. The lowest BCUT2D eigenvalue weighted by Gasteiger charge is -2.31. The Morgan fingerprint density at radius 1 is 1.19 bits per heavy atom. The minimum absolute atomic E-state index is 0.143. The summed E-state index contributed by atoms with van der Waals surface area (Å²) < 4.78 is 3.32. The van der Waals surface area contributed by atoms with Crippen LogP contribution >= 0.6 is 11.3 Å². The lowest BCUT2D eigenvalue weighted by atomic mass is 9.90. The van der Waals surface area contributed by atoms with E-state index in [1.165, 1.54) is 28.8 Å². The largest absolute Gasteiger partial charge is 0.337 e. The van der Waals surface area contributed by atoms with Gasteiger partial charge < -0.3 is 4.90 Å². The molecule has 32 heavy (non-hydrogen) atoms. The molecule has 1 aliphatic carbocycles. The van der Waals surface area contributed by atoms with Gasteiger partial charge in [-0.05, 0) is 58.2 Å². The van der Waals surface area contributed by atoms with Gasteiger partial charge >= 0.3 is 0 Å². The lowest BCUT2D eigenvalue weighted by molar-refractivity contribution is 0.0753. The van der Waals surface area contributed by atoms with Crippen molar-refractivity contribution in [2.75, 3.05) is 20.1 Å². The standard InChI is InChI=1S/C25H33N5OS/c1-3-30-21-13-12-18(28(2)17-23-26-20-10-6-7-11-22(20)32-23)16-19(21)24(27-30)25(31)29-14-8-4-5-9-15-29/h6-7,10-11,18H,3-5,8-9,12-17H2,1-2H3. The molecule has 7 heteroatoms. The van der Waals surface area contributed by atoms with Crippen molar-refractivity contribution in [3.05, 3.63) is 46.2 Å². The SMILES string of the molecule is CCn1nc(C(=O)N2CCCCCC2)c2c1CCC(N(C)Cc1nc3ccccc3s1)C2. The van der Waals surface area contributed by atoms with Crippen molar-refractivity contribution >= 4 is 27.5 Å². The first kappa shape index (κ1) is 21.6. The van der Waals surface area contributed by atoms with E-state index in [2.05, 4.69) is 41.8 Å². The number of aromatic nitrogens is 3. The molecule has 5 rings (SSSR count). The summed E-state index contributed by atoms with van der Waals surface area (Å²) in [5.74, 6) is 0.143. The molecule has 3 aromatic rings. The van der Waals surface area contributed by atoms with Gasteiger partial charge in [-0.3, -0.25) is 14.4 Å². The van der Waals surface area contributed by atoms with Gasteiger partial charge in [0.2, 0.25) is 0 Å². The number of nitrogens with zero attached hydrogens (tertiary/aromatic N) is 5. The molecule has 0 radical (unpaired) electrons. The smallest absolute Gasteiger partial charge is 0.274 e. The van der Waals surface area contributed by atoms with Gasteiger partial charge in [-0.1, -0.05) is 25.0 Å². The first-order valence-corrected chi connectivity index (χ1v) is 12.9. The van der Waals surface area contributed by atoms with Crippen LogP contribution in [0.25, 0.3) is 10.2 Å². The lowest BCUT2D eigenvalue weighted by Crippen LogP contribution is -2.37. The van der Waals surface area contributed by atoms with E-state index in [-0.39, 0.29) is 5.91 Å². The molecule has 1 unspecified atom stereocenters. The highest BCUT2D eigenvalue weighted by Crippen LogP contribution is 2.30. The van der Waals surface area contributed by atoms with Crippen LogP contribution in [0.15, 0.2) is 24.3 Å². The number of amides is 1. The highest BCUT2D eigenvalue weighted by Gasteiger charge is 2.32. The number of hydrogen-bond donors (Lipinski definition) is 0. The molecule has 1 aromatic carbocycles. The fourth-order valence-electron chi connectivity index (χ4n) is 5.23. The molecule has 1 aliphatic heterocycles. The summed E-state index contributed by atoms with van der Waals surface area (Å²) in [6.45, 7) is 5.53. The van der Waals surface area contributed by atoms with Gasteiger partial charge in [0.25, 0.3) is 5.91 Å². The Morgan fingerprint density at radius 3 is 2.72 bits per heavy atom. The van der Waals surface area contributed by atoms with E-state index in [1.54, 1.807) is 11.3 Å². The summed E-state index contributed by atoms with van der Waals surface area (Å²) in [5, 5.41) is 5.98. The van der Waals surface area contributed by atoms with Crippen LogP contribution < -0.4 is 0 Å². The third-order valence-corrected chi connectivity index (χ3v) is 8.08. The number of thiazole rings is 1. The third-order valence-electron chi connectivity index (χ3n) is 7.06. The van der Waals surface area contributed by atoms with E-state index < -0.39 is 0 Å². The number of hydrogen-bond acceptors (Lipinski definition) is 5. The van der Waals surface area contributed by atoms with E-state index in [9.17, 15) is 4.79 Å². The molecular formula is C25H33N5OS. The van der Waals surface area contributed by atoms with Crippen LogP contribution in [-0.4, -0.2) is 56.7 Å². The number of para-hydroxylation sites is 1.